The number of hydrogen-bond donors (Lipinski definition) is 3. The molecule has 1 aromatic rings. The number of benzene rings is 1. The van der Waals surface area contributed by atoms with Crippen molar-refractivity contribution >= 4 is 17.7 Å². The van der Waals surface area contributed by atoms with E-state index >= 15 is 0 Å². The zero-order valence-corrected chi connectivity index (χ0v) is 10.5. The number of hydrogen-bond acceptors (Lipinski definition) is 4. The molecule has 0 fully saturated rings. The minimum Gasteiger partial charge on any atom is -0.456 e. The van der Waals surface area contributed by atoms with E-state index in [2.05, 4.69) is 20.9 Å². The third kappa shape index (κ3) is 4.13. The molecule has 0 aromatic heterocycles. The van der Waals surface area contributed by atoms with Gasteiger partial charge in [0, 0.05) is 11.8 Å². The molecule has 0 aliphatic carbocycles. The lowest BCUT2D eigenvalue weighted by molar-refractivity contribution is -0.137. The highest BCUT2D eigenvalue weighted by Gasteiger charge is 2.30. The van der Waals surface area contributed by atoms with Crippen LogP contribution in [0, 0.1) is 0 Å². The number of amides is 2. The van der Waals surface area contributed by atoms with E-state index < -0.39 is 23.7 Å². The number of cyclic esters (lactones) is 1. The molecule has 0 atom stereocenters. The Hall–Kier alpha value is -2.71. The fourth-order valence-corrected chi connectivity index (χ4v) is 1.52. The van der Waals surface area contributed by atoms with Gasteiger partial charge in [-0.05, 0) is 18.2 Å². The molecule has 2 amide bonds. The first-order chi connectivity index (χ1) is 9.84. The summed E-state index contributed by atoms with van der Waals surface area (Å²) < 4.78 is 42.1. The first-order valence-corrected chi connectivity index (χ1v) is 5.72. The number of halogens is 3. The Morgan fingerprint density at radius 1 is 1.29 bits per heavy atom. The second kappa shape index (κ2) is 5.73. The molecule has 0 spiro atoms. The number of anilines is 1. The van der Waals surface area contributed by atoms with Crippen LogP contribution in [0.3, 0.4) is 0 Å². The molecule has 0 radical (unpaired) electrons. The van der Waals surface area contributed by atoms with Crippen LogP contribution in [0.1, 0.15) is 5.56 Å². The predicted molar refractivity (Wildman–Crippen MR) is 65.8 cm³/mol. The maximum atomic E-state index is 12.5. The fourth-order valence-electron chi connectivity index (χ4n) is 1.52. The second-order valence-electron chi connectivity index (χ2n) is 4.06. The third-order valence-electron chi connectivity index (χ3n) is 2.45. The van der Waals surface area contributed by atoms with Crippen molar-refractivity contribution < 1.29 is 27.5 Å². The van der Waals surface area contributed by atoms with Crippen molar-refractivity contribution in [2.24, 2.45) is 0 Å². The van der Waals surface area contributed by atoms with Crippen LogP contribution >= 0.6 is 0 Å². The summed E-state index contributed by atoms with van der Waals surface area (Å²) in [5, 5.41) is 2.22. The number of hydrazine groups is 1. The molecular weight excluding hydrogens is 291 g/mol. The van der Waals surface area contributed by atoms with E-state index in [0.717, 1.165) is 18.2 Å². The number of alkyl halides is 3. The largest absolute Gasteiger partial charge is 0.456 e. The van der Waals surface area contributed by atoms with Crippen LogP contribution in [0.5, 0.6) is 0 Å². The van der Waals surface area contributed by atoms with Gasteiger partial charge in [-0.2, -0.15) is 13.2 Å². The molecule has 2 rings (SSSR count). The van der Waals surface area contributed by atoms with Gasteiger partial charge in [-0.1, -0.05) is 6.07 Å². The molecule has 1 aliphatic heterocycles. The summed E-state index contributed by atoms with van der Waals surface area (Å²) in [6.07, 6.45) is -3.34. The van der Waals surface area contributed by atoms with Gasteiger partial charge in [0.25, 0.3) is 0 Å². The Morgan fingerprint density at radius 2 is 2.05 bits per heavy atom. The summed E-state index contributed by atoms with van der Waals surface area (Å²) in [7, 11) is 0. The molecule has 1 heterocycles. The van der Waals surface area contributed by atoms with Gasteiger partial charge >= 0.3 is 18.2 Å². The van der Waals surface area contributed by atoms with Gasteiger partial charge in [-0.3, -0.25) is 10.9 Å². The van der Waals surface area contributed by atoms with Crippen molar-refractivity contribution in [3.63, 3.8) is 0 Å². The third-order valence-corrected chi connectivity index (χ3v) is 2.45. The molecule has 3 N–H and O–H groups in total. The number of ether oxygens (including phenoxy) is 1. The minimum absolute atomic E-state index is 0.0112. The van der Waals surface area contributed by atoms with E-state index in [1.807, 2.05) is 0 Å². The molecule has 6 nitrogen and oxygen atoms in total. The molecule has 9 heteroatoms. The summed E-state index contributed by atoms with van der Waals surface area (Å²) in [5.41, 5.74) is 4.02. The quantitative estimate of drug-likeness (QED) is 0.587. The van der Waals surface area contributed by atoms with Crippen LogP contribution in [-0.4, -0.2) is 18.6 Å². The number of carbonyl (C=O) groups excluding carboxylic acids is 2. The van der Waals surface area contributed by atoms with E-state index in [-0.39, 0.29) is 12.3 Å². The van der Waals surface area contributed by atoms with Gasteiger partial charge in [0.1, 0.15) is 6.61 Å². The van der Waals surface area contributed by atoms with Crippen molar-refractivity contribution in [3.05, 3.63) is 41.6 Å². The Bertz CT molecular complexity index is 599. The number of rotatable bonds is 3. The number of carbonyl (C=O) groups is 2. The van der Waals surface area contributed by atoms with Gasteiger partial charge in [-0.15, -0.1) is 0 Å². The van der Waals surface area contributed by atoms with E-state index in [9.17, 15) is 22.8 Å². The normalized spacial score (nSPS) is 14.2. The van der Waals surface area contributed by atoms with Gasteiger partial charge in [0.2, 0.25) is 0 Å². The number of nitrogens with one attached hydrogen (secondary N) is 3. The first-order valence-electron chi connectivity index (χ1n) is 5.72. The maximum Gasteiger partial charge on any atom is 0.416 e. The Morgan fingerprint density at radius 3 is 2.67 bits per heavy atom. The van der Waals surface area contributed by atoms with Gasteiger partial charge < -0.3 is 10.1 Å². The van der Waals surface area contributed by atoms with Crippen LogP contribution in [0.25, 0.3) is 0 Å². The summed E-state index contributed by atoms with van der Waals surface area (Å²) >= 11 is 0. The van der Waals surface area contributed by atoms with Crippen LogP contribution in [0.15, 0.2) is 36.0 Å². The molecule has 0 saturated heterocycles. The summed E-state index contributed by atoms with van der Waals surface area (Å²) in [5.74, 6) is -0.544. The molecule has 112 valence electrons. The number of esters is 1. The van der Waals surface area contributed by atoms with Crippen LogP contribution in [0.4, 0.5) is 23.7 Å². The van der Waals surface area contributed by atoms with E-state index in [4.69, 9.17) is 0 Å². The average molecular weight is 301 g/mol. The molecule has 0 saturated carbocycles. The smallest absolute Gasteiger partial charge is 0.416 e. The number of urea groups is 1. The van der Waals surface area contributed by atoms with Crippen molar-refractivity contribution in [1.82, 2.24) is 10.9 Å². The van der Waals surface area contributed by atoms with Crippen molar-refractivity contribution in [1.29, 1.82) is 0 Å². The summed E-state index contributed by atoms with van der Waals surface area (Å²) in [6.45, 7) is -0.0112. The van der Waals surface area contributed by atoms with Crippen molar-refractivity contribution in [3.8, 4) is 0 Å². The molecule has 0 bridgehead atoms. The molecule has 0 unspecified atom stereocenters. The Kier molecular flexibility index (Phi) is 4.01. The highest BCUT2D eigenvalue weighted by molar-refractivity contribution is 5.89. The summed E-state index contributed by atoms with van der Waals surface area (Å²) in [4.78, 5) is 22.2. The zero-order chi connectivity index (χ0) is 15.5. The highest BCUT2D eigenvalue weighted by atomic mass is 19.4. The lowest BCUT2D eigenvalue weighted by Gasteiger charge is -2.11. The van der Waals surface area contributed by atoms with Gasteiger partial charge in [0.15, 0.2) is 0 Å². The topological polar surface area (TPSA) is 79.5 Å². The monoisotopic (exact) mass is 301 g/mol. The SMILES string of the molecule is O=C(NNC1=CC(=O)OC1)Nc1cccc(C(F)(F)F)c1. The second-order valence-corrected chi connectivity index (χ2v) is 4.06. The first kappa shape index (κ1) is 14.7. The van der Waals surface area contributed by atoms with E-state index in [0.29, 0.717) is 5.70 Å². The van der Waals surface area contributed by atoms with Crippen molar-refractivity contribution in [2.45, 2.75) is 6.18 Å². The van der Waals surface area contributed by atoms with E-state index in [1.54, 1.807) is 0 Å². The summed E-state index contributed by atoms with van der Waals surface area (Å²) in [6, 6.07) is 3.41. The lowest BCUT2D eigenvalue weighted by Crippen LogP contribution is -2.40. The zero-order valence-electron chi connectivity index (χ0n) is 10.5. The maximum absolute atomic E-state index is 12.5. The van der Waals surface area contributed by atoms with Crippen LogP contribution in [0.2, 0.25) is 0 Å². The molecule has 1 aliphatic rings. The van der Waals surface area contributed by atoms with Gasteiger partial charge in [-0.25, -0.2) is 9.59 Å². The highest BCUT2D eigenvalue weighted by Crippen LogP contribution is 2.30. The average Bonchev–Trinajstić information content (AvgIpc) is 2.82. The fraction of sp³-hybridized carbons (Fsp3) is 0.167. The minimum atomic E-state index is -4.49. The molecule has 1 aromatic carbocycles. The molecular formula is C12H10F3N3O3. The van der Waals surface area contributed by atoms with E-state index in [1.165, 1.54) is 12.1 Å². The molecule has 21 heavy (non-hydrogen) atoms. The van der Waals surface area contributed by atoms with Gasteiger partial charge in [0.05, 0.1) is 11.3 Å². The van der Waals surface area contributed by atoms with Crippen LogP contribution < -0.4 is 16.2 Å². The standard InChI is InChI=1S/C12H10F3N3O3/c13-12(14,15)7-2-1-3-8(4-7)16-11(20)18-17-9-5-10(19)21-6-9/h1-5,17H,6H2,(H2,16,18,20). The Labute approximate surface area is 116 Å². The van der Waals surface area contributed by atoms with Crippen molar-refractivity contribution in [2.75, 3.05) is 11.9 Å². The van der Waals surface area contributed by atoms with Crippen LogP contribution in [-0.2, 0) is 15.7 Å². The Balaban J connectivity index is 1.91. The lowest BCUT2D eigenvalue weighted by atomic mass is 10.2. The predicted octanol–water partition coefficient (Wildman–Crippen LogP) is 1.77.